The maximum atomic E-state index is 12.6. The van der Waals surface area contributed by atoms with Gasteiger partial charge in [-0.15, -0.1) is 0 Å². The molecular formula is C29H32N4O2. The number of aromatic nitrogens is 1. The van der Waals surface area contributed by atoms with Gasteiger partial charge >= 0.3 is 0 Å². The first-order valence-corrected chi connectivity index (χ1v) is 11.9. The minimum atomic E-state index is -0.303. The number of nitrogens with zero attached hydrogens (tertiary/aromatic N) is 2. The lowest BCUT2D eigenvalue weighted by molar-refractivity contribution is -0.115. The molecule has 0 aliphatic rings. The Morgan fingerprint density at radius 2 is 1.60 bits per heavy atom. The van der Waals surface area contributed by atoms with Crippen molar-refractivity contribution in [3.63, 3.8) is 0 Å². The number of amides is 2. The first-order chi connectivity index (χ1) is 16.7. The van der Waals surface area contributed by atoms with Gasteiger partial charge in [0.05, 0.1) is 6.42 Å². The Bertz CT molecular complexity index is 1420. The number of fused-ring (bicyclic) bond motifs is 3. The summed E-state index contributed by atoms with van der Waals surface area (Å²) >= 11 is 0. The fourth-order valence-electron chi connectivity index (χ4n) is 4.28. The van der Waals surface area contributed by atoms with Crippen molar-refractivity contribution in [3.05, 3.63) is 77.9 Å². The molecule has 0 atom stereocenters. The van der Waals surface area contributed by atoms with E-state index in [1.54, 1.807) is 19.1 Å². The molecule has 1 heterocycles. The second-order valence-electron chi connectivity index (χ2n) is 9.83. The molecule has 0 radical (unpaired) electrons. The number of rotatable bonds is 6. The number of hydrazone groups is 1. The molecule has 35 heavy (non-hydrogen) atoms. The second kappa shape index (κ2) is 9.74. The molecule has 0 unspecified atom stereocenters. The topological polar surface area (TPSA) is 75.5 Å². The van der Waals surface area contributed by atoms with Crippen LogP contribution >= 0.6 is 0 Å². The average molecular weight is 469 g/mol. The van der Waals surface area contributed by atoms with Crippen molar-refractivity contribution >= 4 is 45.0 Å². The van der Waals surface area contributed by atoms with E-state index in [1.165, 1.54) is 5.52 Å². The summed E-state index contributed by atoms with van der Waals surface area (Å²) in [5.74, 6) is -0.489. The highest BCUT2D eigenvalue weighted by molar-refractivity contribution is 6.11. The number of aryl methyl sites for hydroxylation is 1. The monoisotopic (exact) mass is 468 g/mol. The third kappa shape index (κ3) is 5.27. The van der Waals surface area contributed by atoms with Gasteiger partial charge in [-0.05, 0) is 61.2 Å². The van der Waals surface area contributed by atoms with Crippen LogP contribution in [0, 0.1) is 0 Å². The van der Waals surface area contributed by atoms with E-state index < -0.39 is 0 Å². The minimum Gasteiger partial charge on any atom is -0.341 e. The fourth-order valence-corrected chi connectivity index (χ4v) is 4.28. The van der Waals surface area contributed by atoms with Crippen molar-refractivity contribution in [2.45, 2.75) is 53.0 Å². The average Bonchev–Trinajstić information content (AvgIpc) is 3.15. The van der Waals surface area contributed by atoms with E-state index in [2.05, 4.69) is 60.2 Å². The number of para-hydroxylation sites is 1. The third-order valence-corrected chi connectivity index (χ3v) is 6.15. The Morgan fingerprint density at radius 1 is 0.914 bits per heavy atom. The molecule has 4 rings (SSSR count). The van der Waals surface area contributed by atoms with Crippen LogP contribution < -0.4 is 10.7 Å². The number of benzene rings is 3. The Kier molecular flexibility index (Phi) is 6.74. The van der Waals surface area contributed by atoms with Gasteiger partial charge in [0.2, 0.25) is 5.91 Å². The smallest absolute Gasteiger partial charge is 0.271 e. The first-order valence-electron chi connectivity index (χ1n) is 11.9. The van der Waals surface area contributed by atoms with Crippen molar-refractivity contribution in [1.29, 1.82) is 0 Å². The lowest BCUT2D eigenvalue weighted by atomic mass is 9.87. The SMILES string of the molecule is CCn1c2ccccc2c2cc(NC(=O)CC(C)=NNC(=O)c3ccc(C(C)(C)C)cc3)ccc21. The molecular weight excluding hydrogens is 436 g/mol. The quantitative estimate of drug-likeness (QED) is 0.259. The standard InChI is InChI=1S/C29H32N4O2/c1-6-33-25-10-8-7-9-23(25)24-18-22(15-16-26(24)33)30-27(34)17-19(2)31-32-28(35)20-11-13-21(14-12-20)29(3,4)5/h7-16,18H,6,17H2,1-5H3,(H,30,34)(H,32,35). The summed E-state index contributed by atoms with van der Waals surface area (Å²) in [6.45, 7) is 11.1. The van der Waals surface area contributed by atoms with Gasteiger partial charge in [0, 0.05) is 45.3 Å². The van der Waals surface area contributed by atoms with Crippen LogP contribution in [0.25, 0.3) is 21.8 Å². The van der Waals surface area contributed by atoms with Crippen molar-refractivity contribution in [1.82, 2.24) is 9.99 Å². The number of nitrogens with one attached hydrogen (secondary N) is 2. The van der Waals surface area contributed by atoms with Gasteiger partial charge in [-0.25, -0.2) is 5.43 Å². The minimum absolute atomic E-state index is 0.0225. The van der Waals surface area contributed by atoms with E-state index in [9.17, 15) is 9.59 Å². The number of anilines is 1. The molecule has 0 aliphatic carbocycles. The Morgan fingerprint density at radius 3 is 2.29 bits per heavy atom. The molecule has 6 heteroatoms. The fraction of sp³-hybridized carbons (Fsp3) is 0.276. The molecule has 2 amide bonds. The summed E-state index contributed by atoms with van der Waals surface area (Å²) in [4.78, 5) is 25.0. The zero-order chi connectivity index (χ0) is 25.2. The molecule has 3 aromatic carbocycles. The molecule has 0 saturated heterocycles. The van der Waals surface area contributed by atoms with Crippen molar-refractivity contribution in [3.8, 4) is 0 Å². The van der Waals surface area contributed by atoms with Crippen LogP contribution in [0.5, 0.6) is 0 Å². The highest BCUT2D eigenvalue weighted by atomic mass is 16.2. The van der Waals surface area contributed by atoms with Gasteiger partial charge in [0.1, 0.15) is 0 Å². The Balaban J connectivity index is 1.40. The molecule has 0 aliphatic heterocycles. The van der Waals surface area contributed by atoms with E-state index in [4.69, 9.17) is 0 Å². The maximum absolute atomic E-state index is 12.6. The Labute approximate surface area is 206 Å². The predicted octanol–water partition coefficient (Wildman–Crippen LogP) is 6.25. The van der Waals surface area contributed by atoms with Crippen LogP contribution in [0.4, 0.5) is 5.69 Å². The molecule has 1 aromatic heterocycles. The van der Waals surface area contributed by atoms with Gasteiger partial charge in [-0.1, -0.05) is 51.1 Å². The summed E-state index contributed by atoms with van der Waals surface area (Å²) < 4.78 is 2.27. The molecule has 6 nitrogen and oxygen atoms in total. The summed E-state index contributed by atoms with van der Waals surface area (Å²) in [5.41, 5.74) is 7.83. The van der Waals surface area contributed by atoms with Crippen molar-refractivity contribution in [2.75, 3.05) is 5.32 Å². The van der Waals surface area contributed by atoms with Crippen LogP contribution in [0.1, 0.15) is 57.0 Å². The summed E-state index contributed by atoms with van der Waals surface area (Å²) in [6, 6.07) is 21.7. The van der Waals surface area contributed by atoms with Crippen LogP contribution in [-0.2, 0) is 16.8 Å². The van der Waals surface area contributed by atoms with Gasteiger partial charge in [-0.3, -0.25) is 9.59 Å². The van der Waals surface area contributed by atoms with Crippen LogP contribution in [0.3, 0.4) is 0 Å². The maximum Gasteiger partial charge on any atom is 0.271 e. The molecule has 0 spiro atoms. The van der Waals surface area contributed by atoms with Gasteiger partial charge in [0.15, 0.2) is 0 Å². The van der Waals surface area contributed by atoms with E-state index in [1.807, 2.05) is 42.5 Å². The molecule has 0 bridgehead atoms. The second-order valence-corrected chi connectivity index (χ2v) is 9.83. The zero-order valence-electron chi connectivity index (χ0n) is 21.0. The van der Waals surface area contributed by atoms with E-state index >= 15 is 0 Å². The van der Waals surface area contributed by atoms with Crippen LogP contribution in [-0.4, -0.2) is 22.1 Å². The molecule has 0 fully saturated rings. The molecule has 4 aromatic rings. The number of carbonyl (C=O) groups is 2. The van der Waals surface area contributed by atoms with Crippen molar-refractivity contribution in [2.24, 2.45) is 5.10 Å². The lowest BCUT2D eigenvalue weighted by Gasteiger charge is -2.18. The van der Waals surface area contributed by atoms with Crippen LogP contribution in [0.2, 0.25) is 0 Å². The van der Waals surface area contributed by atoms with Gasteiger partial charge in [0.25, 0.3) is 5.91 Å². The number of carbonyl (C=O) groups excluding carboxylic acids is 2. The highest BCUT2D eigenvalue weighted by Gasteiger charge is 2.15. The largest absolute Gasteiger partial charge is 0.341 e. The van der Waals surface area contributed by atoms with Crippen LogP contribution in [0.15, 0.2) is 71.8 Å². The van der Waals surface area contributed by atoms with Gasteiger partial charge in [-0.2, -0.15) is 5.10 Å². The first kappa shape index (κ1) is 24.2. The molecule has 180 valence electrons. The number of hydrogen-bond acceptors (Lipinski definition) is 3. The summed E-state index contributed by atoms with van der Waals surface area (Å²) in [7, 11) is 0. The predicted molar refractivity (Wildman–Crippen MR) is 144 cm³/mol. The van der Waals surface area contributed by atoms with Gasteiger partial charge < -0.3 is 9.88 Å². The highest BCUT2D eigenvalue weighted by Crippen LogP contribution is 2.31. The zero-order valence-corrected chi connectivity index (χ0v) is 21.0. The van der Waals surface area contributed by atoms with E-state index in [0.29, 0.717) is 11.3 Å². The summed E-state index contributed by atoms with van der Waals surface area (Å²) in [6.07, 6.45) is 0.0813. The Hall–Kier alpha value is -3.93. The van der Waals surface area contributed by atoms with Crippen molar-refractivity contribution < 1.29 is 9.59 Å². The summed E-state index contributed by atoms with van der Waals surface area (Å²) in [5, 5.41) is 9.34. The number of hydrogen-bond donors (Lipinski definition) is 2. The van der Waals surface area contributed by atoms with E-state index in [0.717, 1.165) is 34.1 Å². The third-order valence-electron chi connectivity index (χ3n) is 6.15. The normalized spacial score (nSPS) is 12.2. The van der Waals surface area contributed by atoms with E-state index in [-0.39, 0.29) is 23.7 Å². The molecule has 2 N–H and O–H groups in total. The molecule has 0 saturated carbocycles. The lowest BCUT2D eigenvalue weighted by Crippen LogP contribution is -2.21.